The summed E-state index contributed by atoms with van der Waals surface area (Å²) in [6.45, 7) is 0. The van der Waals surface area contributed by atoms with Crippen LogP contribution in [0.3, 0.4) is 0 Å². The van der Waals surface area contributed by atoms with E-state index in [1.54, 1.807) is 24.5 Å². The van der Waals surface area contributed by atoms with Gasteiger partial charge in [0.05, 0.1) is 0 Å². The molecule has 7 heteroatoms. The second-order valence-corrected chi connectivity index (χ2v) is 5.39. The average Bonchev–Trinajstić information content (AvgIpc) is 2.97. The molecule has 0 bridgehead atoms. The van der Waals surface area contributed by atoms with Gasteiger partial charge in [0.2, 0.25) is 5.91 Å². The van der Waals surface area contributed by atoms with Gasteiger partial charge in [-0.25, -0.2) is 0 Å². The Morgan fingerprint density at radius 2 is 2.04 bits per heavy atom. The van der Waals surface area contributed by atoms with Crippen LogP contribution in [0.15, 0.2) is 48.8 Å². The Hall–Kier alpha value is -2.83. The van der Waals surface area contributed by atoms with Gasteiger partial charge < -0.3 is 10.3 Å². The SMILES string of the molecule is O=C(CCc1cccnc1)Nc1ccc2[nH]c(C(F)(F)F)cc2c1. The van der Waals surface area contributed by atoms with Crippen LogP contribution in [-0.2, 0) is 17.4 Å². The van der Waals surface area contributed by atoms with Crippen LogP contribution in [0.1, 0.15) is 17.7 Å². The number of hydrogen-bond acceptors (Lipinski definition) is 2. The lowest BCUT2D eigenvalue weighted by molar-refractivity contribution is -0.140. The first-order chi connectivity index (χ1) is 11.4. The van der Waals surface area contributed by atoms with E-state index in [0.29, 0.717) is 23.0 Å². The monoisotopic (exact) mass is 333 g/mol. The average molecular weight is 333 g/mol. The van der Waals surface area contributed by atoms with E-state index in [0.717, 1.165) is 11.6 Å². The minimum Gasteiger partial charge on any atom is -0.351 e. The number of carbonyl (C=O) groups excluding carboxylic acids is 1. The second kappa shape index (κ2) is 6.35. The number of fused-ring (bicyclic) bond motifs is 1. The zero-order chi connectivity index (χ0) is 17.2. The number of pyridine rings is 1. The molecule has 124 valence electrons. The molecule has 0 unspecified atom stereocenters. The summed E-state index contributed by atoms with van der Waals surface area (Å²) in [5.74, 6) is -0.204. The maximum Gasteiger partial charge on any atom is 0.431 e. The van der Waals surface area contributed by atoms with Gasteiger partial charge in [0.25, 0.3) is 0 Å². The first-order valence-corrected chi connectivity index (χ1v) is 7.30. The van der Waals surface area contributed by atoms with E-state index >= 15 is 0 Å². The molecule has 1 aromatic carbocycles. The molecule has 2 aromatic heterocycles. The fourth-order valence-corrected chi connectivity index (χ4v) is 2.39. The molecule has 0 aliphatic rings. The van der Waals surface area contributed by atoms with Crippen molar-refractivity contribution in [2.24, 2.45) is 0 Å². The van der Waals surface area contributed by atoms with E-state index in [4.69, 9.17) is 0 Å². The molecule has 0 spiro atoms. The molecule has 2 N–H and O–H groups in total. The number of rotatable bonds is 4. The van der Waals surface area contributed by atoms with Crippen LogP contribution in [0.25, 0.3) is 10.9 Å². The van der Waals surface area contributed by atoms with E-state index in [1.165, 1.54) is 12.1 Å². The van der Waals surface area contributed by atoms with Gasteiger partial charge in [0, 0.05) is 35.4 Å². The summed E-state index contributed by atoms with van der Waals surface area (Å²) in [6, 6.07) is 9.31. The number of amides is 1. The molecule has 24 heavy (non-hydrogen) atoms. The van der Waals surface area contributed by atoms with Crippen molar-refractivity contribution in [3.8, 4) is 0 Å². The molecule has 0 atom stereocenters. The molecule has 0 saturated carbocycles. The maximum atomic E-state index is 12.7. The number of aryl methyl sites for hydroxylation is 1. The lowest BCUT2D eigenvalue weighted by Crippen LogP contribution is -2.12. The van der Waals surface area contributed by atoms with E-state index < -0.39 is 11.9 Å². The summed E-state index contributed by atoms with van der Waals surface area (Å²) in [7, 11) is 0. The molecule has 0 aliphatic heterocycles. The van der Waals surface area contributed by atoms with Crippen molar-refractivity contribution in [2.75, 3.05) is 5.32 Å². The Morgan fingerprint density at radius 3 is 2.75 bits per heavy atom. The van der Waals surface area contributed by atoms with Crippen LogP contribution in [0.2, 0.25) is 0 Å². The predicted octanol–water partition coefficient (Wildman–Crippen LogP) is 4.15. The largest absolute Gasteiger partial charge is 0.431 e. The molecule has 0 radical (unpaired) electrons. The van der Waals surface area contributed by atoms with Crippen molar-refractivity contribution in [3.63, 3.8) is 0 Å². The first-order valence-electron chi connectivity index (χ1n) is 7.30. The van der Waals surface area contributed by atoms with Gasteiger partial charge in [-0.3, -0.25) is 9.78 Å². The summed E-state index contributed by atoms with van der Waals surface area (Å²) in [5.41, 5.74) is 0.975. The Balaban J connectivity index is 1.67. The van der Waals surface area contributed by atoms with Crippen LogP contribution in [-0.4, -0.2) is 15.9 Å². The van der Waals surface area contributed by atoms with Gasteiger partial charge in [-0.1, -0.05) is 6.07 Å². The van der Waals surface area contributed by atoms with E-state index in [1.807, 2.05) is 6.07 Å². The zero-order valence-electron chi connectivity index (χ0n) is 12.5. The van der Waals surface area contributed by atoms with Crippen molar-refractivity contribution < 1.29 is 18.0 Å². The smallest absolute Gasteiger partial charge is 0.351 e. The van der Waals surface area contributed by atoms with Crippen LogP contribution in [0, 0.1) is 0 Å². The number of hydrogen-bond donors (Lipinski definition) is 2. The molecule has 0 saturated heterocycles. The standard InChI is InChI=1S/C17H14F3N3O/c18-17(19,20)15-9-12-8-13(4-5-14(12)23-15)22-16(24)6-3-11-2-1-7-21-10-11/h1-2,4-5,7-10,23H,3,6H2,(H,22,24). The highest BCUT2D eigenvalue weighted by Gasteiger charge is 2.32. The summed E-state index contributed by atoms with van der Waals surface area (Å²) in [4.78, 5) is 18.3. The lowest BCUT2D eigenvalue weighted by atomic mass is 10.1. The Morgan fingerprint density at radius 1 is 1.21 bits per heavy atom. The van der Waals surface area contributed by atoms with Crippen molar-refractivity contribution in [1.82, 2.24) is 9.97 Å². The van der Waals surface area contributed by atoms with Crippen LogP contribution >= 0.6 is 0 Å². The van der Waals surface area contributed by atoms with Crippen molar-refractivity contribution in [1.29, 1.82) is 0 Å². The number of benzene rings is 1. The number of carbonyl (C=O) groups is 1. The van der Waals surface area contributed by atoms with Crippen molar-refractivity contribution in [3.05, 3.63) is 60.0 Å². The lowest BCUT2D eigenvalue weighted by Gasteiger charge is -2.05. The number of anilines is 1. The van der Waals surface area contributed by atoms with E-state index in [-0.39, 0.29) is 12.3 Å². The highest BCUT2D eigenvalue weighted by Crippen LogP contribution is 2.31. The molecule has 0 fully saturated rings. The van der Waals surface area contributed by atoms with Gasteiger partial charge in [-0.15, -0.1) is 0 Å². The number of halogens is 3. The van der Waals surface area contributed by atoms with Crippen molar-refractivity contribution in [2.45, 2.75) is 19.0 Å². The predicted molar refractivity (Wildman–Crippen MR) is 84.5 cm³/mol. The topological polar surface area (TPSA) is 57.8 Å². The molecule has 3 aromatic rings. The summed E-state index contributed by atoms with van der Waals surface area (Å²) >= 11 is 0. The van der Waals surface area contributed by atoms with Crippen LogP contribution in [0.4, 0.5) is 18.9 Å². The van der Waals surface area contributed by atoms with Gasteiger partial charge in [0.15, 0.2) is 0 Å². The molecule has 2 heterocycles. The number of H-pyrrole nitrogens is 1. The van der Waals surface area contributed by atoms with E-state index in [9.17, 15) is 18.0 Å². The summed E-state index contributed by atoms with van der Waals surface area (Å²) in [6.07, 6.45) is -0.260. The third-order valence-corrected chi connectivity index (χ3v) is 3.57. The Kier molecular flexibility index (Phi) is 4.24. The second-order valence-electron chi connectivity index (χ2n) is 5.39. The van der Waals surface area contributed by atoms with Gasteiger partial charge in [-0.05, 0) is 42.3 Å². The Bertz CT molecular complexity index is 856. The molecule has 3 rings (SSSR count). The minimum absolute atomic E-state index is 0.204. The minimum atomic E-state index is -4.42. The van der Waals surface area contributed by atoms with Gasteiger partial charge in [-0.2, -0.15) is 13.2 Å². The third-order valence-electron chi connectivity index (χ3n) is 3.57. The van der Waals surface area contributed by atoms with Crippen LogP contribution < -0.4 is 5.32 Å². The fraction of sp³-hybridized carbons (Fsp3) is 0.176. The molecule has 4 nitrogen and oxygen atoms in total. The fourth-order valence-electron chi connectivity index (χ4n) is 2.39. The van der Waals surface area contributed by atoms with Crippen molar-refractivity contribution >= 4 is 22.5 Å². The third kappa shape index (κ3) is 3.73. The highest BCUT2D eigenvalue weighted by atomic mass is 19.4. The first kappa shape index (κ1) is 16.0. The molecule has 0 aliphatic carbocycles. The zero-order valence-corrected chi connectivity index (χ0v) is 12.5. The number of aromatic nitrogens is 2. The van der Waals surface area contributed by atoms with Gasteiger partial charge in [0.1, 0.15) is 5.69 Å². The number of nitrogens with one attached hydrogen (secondary N) is 2. The quantitative estimate of drug-likeness (QED) is 0.753. The number of nitrogens with zero attached hydrogens (tertiary/aromatic N) is 1. The maximum absolute atomic E-state index is 12.7. The molecular weight excluding hydrogens is 319 g/mol. The Labute approximate surface area is 135 Å². The highest BCUT2D eigenvalue weighted by molar-refractivity contribution is 5.94. The summed E-state index contributed by atoms with van der Waals surface area (Å²) in [5, 5.41) is 3.09. The molecular formula is C17H14F3N3O. The number of aromatic amines is 1. The van der Waals surface area contributed by atoms with E-state index in [2.05, 4.69) is 15.3 Å². The molecule has 1 amide bonds. The summed E-state index contributed by atoms with van der Waals surface area (Å²) < 4.78 is 38.1. The number of alkyl halides is 3. The van der Waals surface area contributed by atoms with Crippen LogP contribution in [0.5, 0.6) is 0 Å². The van der Waals surface area contributed by atoms with Gasteiger partial charge >= 0.3 is 6.18 Å². The normalized spacial score (nSPS) is 11.6.